The van der Waals surface area contributed by atoms with E-state index >= 15 is 0 Å². The normalized spacial score (nSPS) is 14.0. The lowest BCUT2D eigenvalue weighted by Gasteiger charge is -2.08. The summed E-state index contributed by atoms with van der Waals surface area (Å²) in [5.41, 5.74) is 6.08. The second kappa shape index (κ2) is 7.36. The predicted octanol–water partition coefficient (Wildman–Crippen LogP) is 5.73. The molecule has 1 N–H and O–H groups in total. The molecule has 4 rings (SSSR count). The SMILES string of the molecule is CN(Cl)Cc1ccc(-c2ccc3oc(NC4=CCCC=C4)nc3c2)cc1. The van der Waals surface area contributed by atoms with Gasteiger partial charge in [0, 0.05) is 19.3 Å². The van der Waals surface area contributed by atoms with Gasteiger partial charge in [-0.15, -0.1) is 0 Å². The number of anilines is 1. The smallest absolute Gasteiger partial charge is 0.300 e. The lowest BCUT2D eigenvalue weighted by atomic mass is 10.0. The van der Waals surface area contributed by atoms with E-state index < -0.39 is 0 Å². The number of benzene rings is 2. The zero-order valence-electron chi connectivity index (χ0n) is 14.6. The molecule has 4 nitrogen and oxygen atoms in total. The minimum Gasteiger partial charge on any atom is -0.423 e. The van der Waals surface area contributed by atoms with Crippen molar-refractivity contribution in [2.45, 2.75) is 19.4 Å². The summed E-state index contributed by atoms with van der Waals surface area (Å²) in [6, 6.07) is 15.0. The predicted molar refractivity (Wildman–Crippen MR) is 107 cm³/mol. The molecule has 0 aliphatic heterocycles. The van der Waals surface area contributed by atoms with Crippen LogP contribution < -0.4 is 5.32 Å². The van der Waals surface area contributed by atoms with Gasteiger partial charge < -0.3 is 9.73 Å². The Morgan fingerprint density at radius 2 is 1.92 bits per heavy atom. The highest BCUT2D eigenvalue weighted by atomic mass is 35.5. The third-order valence-electron chi connectivity index (χ3n) is 4.32. The van der Waals surface area contributed by atoms with Crippen molar-refractivity contribution in [2.24, 2.45) is 0 Å². The second-order valence-corrected chi connectivity index (χ2v) is 7.00. The fourth-order valence-electron chi connectivity index (χ4n) is 3.04. The Morgan fingerprint density at radius 3 is 2.65 bits per heavy atom. The minimum atomic E-state index is 0.524. The summed E-state index contributed by atoms with van der Waals surface area (Å²) in [5, 5.41) is 3.23. The Labute approximate surface area is 157 Å². The van der Waals surface area contributed by atoms with Crippen LogP contribution in [-0.4, -0.2) is 16.5 Å². The molecule has 0 saturated carbocycles. The number of hydrogen-bond acceptors (Lipinski definition) is 4. The summed E-state index contributed by atoms with van der Waals surface area (Å²) in [6.07, 6.45) is 8.49. The Kier molecular flexibility index (Phi) is 4.78. The number of nitrogens with one attached hydrogen (secondary N) is 1. The number of allylic oxidation sites excluding steroid dienone is 3. The monoisotopic (exact) mass is 365 g/mol. The number of nitrogens with zero attached hydrogens (tertiary/aromatic N) is 2. The van der Waals surface area contributed by atoms with Crippen LogP contribution >= 0.6 is 11.8 Å². The van der Waals surface area contributed by atoms with E-state index in [1.165, 1.54) is 5.56 Å². The van der Waals surface area contributed by atoms with Crippen LogP contribution in [0.3, 0.4) is 0 Å². The molecule has 1 aliphatic rings. The van der Waals surface area contributed by atoms with Gasteiger partial charge in [0.15, 0.2) is 5.58 Å². The van der Waals surface area contributed by atoms with Crippen molar-refractivity contribution < 1.29 is 4.42 Å². The van der Waals surface area contributed by atoms with Crippen LogP contribution in [0.25, 0.3) is 22.2 Å². The van der Waals surface area contributed by atoms with Gasteiger partial charge in [0.25, 0.3) is 6.01 Å². The van der Waals surface area contributed by atoms with Crippen molar-refractivity contribution in [1.82, 2.24) is 9.40 Å². The van der Waals surface area contributed by atoms with Crippen LogP contribution in [0.4, 0.5) is 6.01 Å². The van der Waals surface area contributed by atoms with Crippen LogP contribution in [0.15, 0.2) is 70.8 Å². The van der Waals surface area contributed by atoms with E-state index in [0.29, 0.717) is 12.6 Å². The zero-order valence-corrected chi connectivity index (χ0v) is 15.3. The lowest BCUT2D eigenvalue weighted by Crippen LogP contribution is -2.03. The molecular weight excluding hydrogens is 346 g/mol. The van der Waals surface area contributed by atoms with Crippen LogP contribution in [0.1, 0.15) is 18.4 Å². The molecule has 26 heavy (non-hydrogen) atoms. The fourth-order valence-corrected chi connectivity index (χ4v) is 3.18. The average molecular weight is 366 g/mol. The molecule has 1 aromatic heterocycles. The zero-order chi connectivity index (χ0) is 17.9. The molecule has 1 aliphatic carbocycles. The maximum Gasteiger partial charge on any atom is 0.300 e. The molecule has 0 bridgehead atoms. The maximum atomic E-state index is 5.91. The van der Waals surface area contributed by atoms with E-state index in [1.807, 2.05) is 13.1 Å². The third kappa shape index (κ3) is 3.82. The molecule has 0 fully saturated rings. The number of rotatable bonds is 5. The molecule has 132 valence electrons. The summed E-state index contributed by atoms with van der Waals surface area (Å²) in [7, 11) is 1.85. The highest BCUT2D eigenvalue weighted by molar-refractivity contribution is 6.13. The van der Waals surface area contributed by atoms with Gasteiger partial charge in [-0.2, -0.15) is 4.98 Å². The molecule has 0 radical (unpaired) electrons. The van der Waals surface area contributed by atoms with E-state index in [9.17, 15) is 0 Å². The Bertz CT molecular complexity index is 971. The van der Waals surface area contributed by atoms with Gasteiger partial charge in [-0.25, -0.2) is 4.42 Å². The number of oxazole rings is 1. The molecule has 2 aromatic carbocycles. The number of hydrogen-bond donors (Lipinski definition) is 1. The van der Waals surface area contributed by atoms with E-state index in [2.05, 4.69) is 64.9 Å². The number of halogens is 1. The molecule has 0 saturated heterocycles. The van der Waals surface area contributed by atoms with Gasteiger partial charge in [0.05, 0.1) is 0 Å². The van der Waals surface area contributed by atoms with Crippen molar-refractivity contribution in [1.29, 1.82) is 0 Å². The average Bonchev–Trinajstić information content (AvgIpc) is 3.04. The number of fused-ring (bicyclic) bond motifs is 1. The van der Waals surface area contributed by atoms with Crippen LogP contribution in [0.2, 0.25) is 0 Å². The summed E-state index contributed by atoms with van der Waals surface area (Å²) in [4.78, 5) is 4.57. The molecule has 3 aromatic rings. The van der Waals surface area contributed by atoms with Gasteiger partial charge in [0.1, 0.15) is 5.52 Å². The van der Waals surface area contributed by atoms with Crippen LogP contribution in [-0.2, 0) is 6.54 Å². The summed E-state index contributed by atoms with van der Waals surface area (Å²) in [5.74, 6) is 0. The molecule has 0 atom stereocenters. The first-order valence-corrected chi connectivity index (χ1v) is 9.02. The fraction of sp³-hybridized carbons (Fsp3) is 0.190. The van der Waals surface area contributed by atoms with Gasteiger partial charge in [-0.1, -0.05) is 42.5 Å². The summed E-state index contributed by atoms with van der Waals surface area (Å²) in [6.45, 7) is 0.712. The number of aromatic nitrogens is 1. The largest absolute Gasteiger partial charge is 0.423 e. The van der Waals surface area contributed by atoms with E-state index in [-0.39, 0.29) is 0 Å². The van der Waals surface area contributed by atoms with E-state index in [0.717, 1.165) is 40.8 Å². The Balaban J connectivity index is 1.57. The molecule has 0 unspecified atom stereocenters. The molecule has 0 spiro atoms. The molecular formula is C21H20ClN3O. The van der Waals surface area contributed by atoms with Gasteiger partial charge in [-0.3, -0.25) is 0 Å². The van der Waals surface area contributed by atoms with Crippen molar-refractivity contribution in [3.8, 4) is 11.1 Å². The van der Waals surface area contributed by atoms with E-state index in [4.69, 9.17) is 16.2 Å². The van der Waals surface area contributed by atoms with Gasteiger partial charge >= 0.3 is 0 Å². The van der Waals surface area contributed by atoms with Crippen molar-refractivity contribution in [2.75, 3.05) is 12.4 Å². The summed E-state index contributed by atoms with van der Waals surface area (Å²) >= 11 is 5.91. The Hall–Kier alpha value is -2.56. The highest BCUT2D eigenvalue weighted by Crippen LogP contribution is 2.27. The van der Waals surface area contributed by atoms with Crippen LogP contribution in [0.5, 0.6) is 0 Å². The lowest BCUT2D eigenvalue weighted by molar-refractivity contribution is 0.546. The van der Waals surface area contributed by atoms with Gasteiger partial charge in [0.2, 0.25) is 0 Å². The first kappa shape index (κ1) is 16.9. The van der Waals surface area contributed by atoms with Gasteiger partial charge in [-0.05, 0) is 59.5 Å². The van der Waals surface area contributed by atoms with E-state index in [1.54, 1.807) is 4.42 Å². The molecule has 5 heteroatoms. The molecule has 1 heterocycles. The quantitative estimate of drug-likeness (QED) is 0.586. The second-order valence-electron chi connectivity index (χ2n) is 6.43. The molecule has 0 amide bonds. The van der Waals surface area contributed by atoms with Crippen LogP contribution in [0, 0.1) is 0 Å². The summed E-state index contributed by atoms with van der Waals surface area (Å²) < 4.78 is 7.45. The Morgan fingerprint density at radius 1 is 1.12 bits per heavy atom. The minimum absolute atomic E-state index is 0.524. The standard InChI is InChI=1S/C21H20ClN3O/c1-25(22)14-15-7-9-16(10-8-15)17-11-12-20-19(13-17)24-21(26-20)23-18-5-3-2-4-6-18/h3,5-13H,2,4,14H2,1H3,(H,23,24). The van der Waals surface area contributed by atoms with Crippen molar-refractivity contribution in [3.63, 3.8) is 0 Å². The highest BCUT2D eigenvalue weighted by Gasteiger charge is 2.09. The topological polar surface area (TPSA) is 41.3 Å². The third-order valence-corrected chi connectivity index (χ3v) is 4.44. The maximum absolute atomic E-state index is 5.91. The van der Waals surface area contributed by atoms with Crippen molar-refractivity contribution >= 4 is 28.9 Å². The first-order valence-electron chi connectivity index (χ1n) is 8.68. The first-order chi connectivity index (χ1) is 12.7. The van der Waals surface area contributed by atoms with Crippen molar-refractivity contribution in [3.05, 3.63) is 72.0 Å².